The largest absolute Gasteiger partial charge is 0.382 e. The van der Waals surface area contributed by atoms with E-state index in [1.165, 1.54) is 25.7 Å². The molecule has 1 saturated carbocycles. The summed E-state index contributed by atoms with van der Waals surface area (Å²) in [4.78, 5) is 11.6. The highest BCUT2D eigenvalue weighted by molar-refractivity contribution is 5.94. The Hall–Kier alpha value is -1.51. The number of carbonyl (C=O) groups is 1. The quantitative estimate of drug-likeness (QED) is 0.860. The maximum atomic E-state index is 11.6. The van der Waals surface area contributed by atoms with Gasteiger partial charge in [-0.05, 0) is 37.0 Å². The van der Waals surface area contributed by atoms with Crippen LogP contribution in [0.15, 0.2) is 24.3 Å². The first-order valence-corrected chi connectivity index (χ1v) is 6.79. The summed E-state index contributed by atoms with van der Waals surface area (Å²) in [5.41, 5.74) is 1.76. The number of amides is 1. The number of hydrogen-bond acceptors (Lipinski definition) is 2. The van der Waals surface area contributed by atoms with Gasteiger partial charge in [-0.2, -0.15) is 0 Å². The molecule has 1 aromatic carbocycles. The molecule has 18 heavy (non-hydrogen) atoms. The van der Waals surface area contributed by atoms with Gasteiger partial charge in [0.15, 0.2) is 0 Å². The summed E-state index contributed by atoms with van der Waals surface area (Å²) in [6, 6.07) is 8.28. The van der Waals surface area contributed by atoms with Crippen LogP contribution >= 0.6 is 0 Å². The van der Waals surface area contributed by atoms with Crippen LogP contribution in [0.25, 0.3) is 0 Å². The fraction of sp³-hybridized carbons (Fsp3) is 0.533. The summed E-state index contributed by atoms with van der Waals surface area (Å²) < 4.78 is 0. The van der Waals surface area contributed by atoms with E-state index >= 15 is 0 Å². The van der Waals surface area contributed by atoms with E-state index in [1.807, 2.05) is 24.3 Å². The molecule has 0 spiro atoms. The summed E-state index contributed by atoms with van der Waals surface area (Å²) in [6.07, 6.45) is 5.17. The van der Waals surface area contributed by atoms with Crippen LogP contribution in [0.5, 0.6) is 0 Å². The van der Waals surface area contributed by atoms with Gasteiger partial charge in [-0.1, -0.05) is 25.8 Å². The SMILES string of the molecule is CNC(=O)c1cccc(NC2CCCCC2C)c1. The zero-order valence-electron chi connectivity index (χ0n) is 11.2. The zero-order chi connectivity index (χ0) is 13.0. The molecule has 2 unspecified atom stereocenters. The Labute approximate surface area is 109 Å². The average molecular weight is 246 g/mol. The van der Waals surface area contributed by atoms with Crippen molar-refractivity contribution in [3.63, 3.8) is 0 Å². The first kappa shape index (κ1) is 12.9. The summed E-state index contributed by atoms with van der Waals surface area (Å²) in [5, 5.41) is 6.22. The number of anilines is 1. The van der Waals surface area contributed by atoms with E-state index in [4.69, 9.17) is 0 Å². The van der Waals surface area contributed by atoms with Crippen LogP contribution in [-0.4, -0.2) is 19.0 Å². The van der Waals surface area contributed by atoms with E-state index in [-0.39, 0.29) is 5.91 Å². The average Bonchev–Trinajstić information content (AvgIpc) is 2.41. The summed E-state index contributed by atoms with van der Waals surface area (Å²) in [5.74, 6) is 0.678. The lowest BCUT2D eigenvalue weighted by Gasteiger charge is -2.30. The predicted molar refractivity (Wildman–Crippen MR) is 74.9 cm³/mol. The van der Waals surface area contributed by atoms with Crippen LogP contribution in [0.2, 0.25) is 0 Å². The minimum atomic E-state index is -0.0321. The summed E-state index contributed by atoms with van der Waals surface area (Å²) >= 11 is 0. The highest BCUT2D eigenvalue weighted by Crippen LogP contribution is 2.26. The molecule has 98 valence electrons. The van der Waals surface area contributed by atoms with E-state index in [0.29, 0.717) is 17.5 Å². The number of benzene rings is 1. The van der Waals surface area contributed by atoms with Gasteiger partial charge in [0.25, 0.3) is 5.91 Å². The Balaban J connectivity index is 2.06. The summed E-state index contributed by atoms with van der Waals surface area (Å²) in [7, 11) is 1.66. The molecule has 2 atom stereocenters. The fourth-order valence-electron chi connectivity index (χ4n) is 2.64. The third kappa shape index (κ3) is 3.03. The molecule has 0 heterocycles. The molecule has 1 amide bonds. The van der Waals surface area contributed by atoms with Crippen LogP contribution < -0.4 is 10.6 Å². The van der Waals surface area contributed by atoms with Crippen molar-refractivity contribution < 1.29 is 4.79 Å². The smallest absolute Gasteiger partial charge is 0.251 e. The Kier molecular flexibility index (Phi) is 4.24. The van der Waals surface area contributed by atoms with Gasteiger partial charge in [0.1, 0.15) is 0 Å². The van der Waals surface area contributed by atoms with Gasteiger partial charge in [0.2, 0.25) is 0 Å². The van der Waals surface area contributed by atoms with Gasteiger partial charge in [-0.3, -0.25) is 4.79 Å². The molecule has 2 N–H and O–H groups in total. The fourth-order valence-corrected chi connectivity index (χ4v) is 2.64. The topological polar surface area (TPSA) is 41.1 Å². The third-order valence-electron chi connectivity index (χ3n) is 3.82. The predicted octanol–water partition coefficient (Wildman–Crippen LogP) is 3.04. The van der Waals surface area contributed by atoms with E-state index in [1.54, 1.807) is 7.05 Å². The molecule has 0 aliphatic heterocycles. The van der Waals surface area contributed by atoms with Crippen LogP contribution in [0.4, 0.5) is 5.69 Å². The number of carbonyl (C=O) groups excluding carboxylic acids is 1. The highest BCUT2D eigenvalue weighted by atomic mass is 16.1. The molecule has 3 heteroatoms. The molecule has 1 aliphatic carbocycles. The molecule has 3 nitrogen and oxygen atoms in total. The van der Waals surface area contributed by atoms with Crippen molar-refractivity contribution in [3.8, 4) is 0 Å². The molecule has 1 aliphatic rings. The standard InChI is InChI=1S/C15H22N2O/c1-11-6-3-4-9-14(11)17-13-8-5-7-12(10-13)15(18)16-2/h5,7-8,10-11,14,17H,3-4,6,9H2,1-2H3,(H,16,18). The van der Waals surface area contributed by atoms with E-state index in [9.17, 15) is 4.79 Å². The first-order chi connectivity index (χ1) is 8.70. The van der Waals surface area contributed by atoms with Crippen LogP contribution in [0, 0.1) is 5.92 Å². The maximum absolute atomic E-state index is 11.6. The van der Waals surface area contributed by atoms with Crippen molar-refractivity contribution in [3.05, 3.63) is 29.8 Å². The molecule has 0 bridgehead atoms. The normalized spacial score (nSPS) is 23.4. The molecular formula is C15H22N2O. The van der Waals surface area contributed by atoms with E-state index in [2.05, 4.69) is 17.6 Å². The number of rotatable bonds is 3. The molecule has 0 radical (unpaired) electrons. The summed E-state index contributed by atoms with van der Waals surface area (Å²) in [6.45, 7) is 2.30. The van der Waals surface area contributed by atoms with Gasteiger partial charge < -0.3 is 10.6 Å². The molecule has 1 fully saturated rings. The van der Waals surface area contributed by atoms with Gasteiger partial charge in [0, 0.05) is 24.3 Å². The van der Waals surface area contributed by atoms with Crippen LogP contribution in [0.3, 0.4) is 0 Å². The van der Waals surface area contributed by atoms with Crippen molar-refractivity contribution >= 4 is 11.6 Å². The Morgan fingerprint density at radius 2 is 2.06 bits per heavy atom. The van der Waals surface area contributed by atoms with Crippen LogP contribution in [0.1, 0.15) is 43.0 Å². The minimum Gasteiger partial charge on any atom is -0.382 e. The lowest BCUT2D eigenvalue weighted by Crippen LogP contribution is -2.30. The lowest BCUT2D eigenvalue weighted by atomic mass is 9.86. The second-order valence-corrected chi connectivity index (χ2v) is 5.17. The first-order valence-electron chi connectivity index (χ1n) is 6.79. The second kappa shape index (κ2) is 5.89. The van der Waals surface area contributed by atoms with Crippen molar-refractivity contribution in [2.45, 2.75) is 38.6 Å². The van der Waals surface area contributed by atoms with Crippen LogP contribution in [-0.2, 0) is 0 Å². The molecular weight excluding hydrogens is 224 g/mol. The minimum absolute atomic E-state index is 0.0321. The monoisotopic (exact) mass is 246 g/mol. The van der Waals surface area contributed by atoms with E-state index < -0.39 is 0 Å². The van der Waals surface area contributed by atoms with Crippen molar-refractivity contribution in [1.82, 2.24) is 5.32 Å². The molecule has 2 rings (SSSR count). The molecule has 0 saturated heterocycles. The van der Waals surface area contributed by atoms with Crippen molar-refractivity contribution in [1.29, 1.82) is 0 Å². The highest BCUT2D eigenvalue weighted by Gasteiger charge is 2.20. The van der Waals surface area contributed by atoms with Crippen molar-refractivity contribution in [2.24, 2.45) is 5.92 Å². The van der Waals surface area contributed by atoms with Gasteiger partial charge in [-0.15, -0.1) is 0 Å². The number of hydrogen-bond donors (Lipinski definition) is 2. The lowest BCUT2D eigenvalue weighted by molar-refractivity contribution is 0.0963. The zero-order valence-corrected chi connectivity index (χ0v) is 11.2. The van der Waals surface area contributed by atoms with Crippen molar-refractivity contribution in [2.75, 3.05) is 12.4 Å². The maximum Gasteiger partial charge on any atom is 0.251 e. The van der Waals surface area contributed by atoms with Gasteiger partial charge >= 0.3 is 0 Å². The van der Waals surface area contributed by atoms with Gasteiger partial charge in [-0.25, -0.2) is 0 Å². The Bertz CT molecular complexity index is 417. The molecule has 0 aromatic heterocycles. The second-order valence-electron chi connectivity index (χ2n) is 5.17. The number of nitrogens with one attached hydrogen (secondary N) is 2. The third-order valence-corrected chi connectivity index (χ3v) is 3.82. The van der Waals surface area contributed by atoms with E-state index in [0.717, 1.165) is 5.69 Å². The Morgan fingerprint density at radius 3 is 2.78 bits per heavy atom. The molecule has 1 aromatic rings. The van der Waals surface area contributed by atoms with Gasteiger partial charge in [0.05, 0.1) is 0 Å². The Morgan fingerprint density at radius 1 is 1.28 bits per heavy atom.